The zero-order chi connectivity index (χ0) is 14.2. The molecule has 0 aromatic heterocycles. The Morgan fingerprint density at radius 2 is 1.71 bits per heavy atom. The van der Waals surface area contributed by atoms with Crippen LogP contribution in [0.5, 0.6) is 0 Å². The maximum absolute atomic E-state index is 12.9. The van der Waals surface area contributed by atoms with E-state index in [4.69, 9.17) is 0 Å². The van der Waals surface area contributed by atoms with E-state index in [9.17, 15) is 4.79 Å². The fraction of sp³-hybridized carbons (Fsp3) is 0.350. The third-order valence-corrected chi connectivity index (χ3v) is 5.11. The molecule has 1 nitrogen and oxygen atoms in total. The van der Waals surface area contributed by atoms with Crippen molar-refractivity contribution in [3.63, 3.8) is 0 Å². The van der Waals surface area contributed by atoms with Crippen molar-refractivity contribution in [2.24, 2.45) is 0 Å². The standard InChI is InChI=1S/C20H20O/c21-20(17-12-11-14-5-3-8-16(14)13-17)19-10-2-1-9-18(19)15-6-4-7-15/h1-2,9-13,15H,3-8H2. The van der Waals surface area contributed by atoms with Gasteiger partial charge in [0.05, 0.1) is 0 Å². The molecule has 0 heterocycles. The highest BCUT2D eigenvalue weighted by Crippen LogP contribution is 2.38. The summed E-state index contributed by atoms with van der Waals surface area (Å²) in [6.07, 6.45) is 7.28. The van der Waals surface area contributed by atoms with Gasteiger partial charge in [-0.3, -0.25) is 4.79 Å². The fourth-order valence-corrected chi connectivity index (χ4v) is 3.65. The second-order valence-corrected chi connectivity index (χ2v) is 6.38. The number of rotatable bonds is 3. The van der Waals surface area contributed by atoms with E-state index < -0.39 is 0 Å². The highest BCUT2D eigenvalue weighted by atomic mass is 16.1. The van der Waals surface area contributed by atoms with Crippen LogP contribution in [-0.4, -0.2) is 5.78 Å². The molecule has 2 aromatic carbocycles. The SMILES string of the molecule is O=C(c1ccc2c(c1)CCC2)c1ccccc1C1CCC1. The van der Waals surface area contributed by atoms with Gasteiger partial charge in [0.2, 0.25) is 0 Å². The summed E-state index contributed by atoms with van der Waals surface area (Å²) in [6.45, 7) is 0. The number of carbonyl (C=O) groups is 1. The molecular formula is C20H20O. The minimum absolute atomic E-state index is 0.201. The largest absolute Gasteiger partial charge is 0.289 e. The summed E-state index contributed by atoms with van der Waals surface area (Å²) in [4.78, 5) is 12.9. The summed E-state index contributed by atoms with van der Waals surface area (Å²) in [6, 6.07) is 14.5. The Hall–Kier alpha value is -1.89. The van der Waals surface area contributed by atoms with Gasteiger partial charge in [0.1, 0.15) is 0 Å². The molecule has 0 atom stereocenters. The molecule has 0 saturated heterocycles. The van der Waals surface area contributed by atoms with Crippen molar-refractivity contribution < 1.29 is 4.79 Å². The first kappa shape index (κ1) is 12.8. The summed E-state index contributed by atoms with van der Waals surface area (Å²) < 4.78 is 0. The lowest BCUT2D eigenvalue weighted by atomic mass is 9.77. The third-order valence-electron chi connectivity index (χ3n) is 5.11. The molecule has 4 rings (SSSR count). The van der Waals surface area contributed by atoms with Gasteiger partial charge in [-0.2, -0.15) is 0 Å². The summed E-state index contributed by atoms with van der Waals surface area (Å²) >= 11 is 0. The van der Waals surface area contributed by atoms with E-state index in [0.29, 0.717) is 5.92 Å². The molecular weight excluding hydrogens is 256 g/mol. The monoisotopic (exact) mass is 276 g/mol. The van der Waals surface area contributed by atoms with Crippen LogP contribution in [0.4, 0.5) is 0 Å². The van der Waals surface area contributed by atoms with Crippen molar-refractivity contribution in [1.29, 1.82) is 0 Å². The van der Waals surface area contributed by atoms with Crippen LogP contribution in [0, 0.1) is 0 Å². The van der Waals surface area contributed by atoms with Gasteiger partial charge in [0, 0.05) is 11.1 Å². The lowest BCUT2D eigenvalue weighted by Gasteiger charge is -2.27. The van der Waals surface area contributed by atoms with Gasteiger partial charge in [-0.15, -0.1) is 0 Å². The summed E-state index contributed by atoms with van der Waals surface area (Å²) in [5.41, 5.74) is 5.85. The van der Waals surface area contributed by atoms with Gasteiger partial charge in [-0.1, -0.05) is 42.8 Å². The molecule has 2 aromatic rings. The van der Waals surface area contributed by atoms with Crippen molar-refractivity contribution in [2.75, 3.05) is 0 Å². The maximum atomic E-state index is 12.9. The van der Waals surface area contributed by atoms with Crippen LogP contribution in [0.25, 0.3) is 0 Å². The molecule has 0 spiro atoms. The first-order valence-electron chi connectivity index (χ1n) is 8.08. The van der Waals surface area contributed by atoms with Gasteiger partial charge in [0.15, 0.2) is 5.78 Å². The number of aryl methyl sites for hydroxylation is 2. The number of hydrogen-bond acceptors (Lipinski definition) is 1. The Kier molecular flexibility index (Phi) is 3.14. The predicted molar refractivity (Wildman–Crippen MR) is 84.9 cm³/mol. The van der Waals surface area contributed by atoms with Gasteiger partial charge in [-0.05, 0) is 60.8 Å². The molecule has 106 valence electrons. The van der Waals surface area contributed by atoms with Crippen molar-refractivity contribution in [3.05, 3.63) is 70.3 Å². The molecule has 0 radical (unpaired) electrons. The van der Waals surface area contributed by atoms with E-state index in [-0.39, 0.29) is 5.78 Å². The molecule has 1 saturated carbocycles. The molecule has 0 bridgehead atoms. The second-order valence-electron chi connectivity index (χ2n) is 6.38. The second kappa shape index (κ2) is 5.14. The van der Waals surface area contributed by atoms with E-state index in [2.05, 4.69) is 24.3 Å². The smallest absolute Gasteiger partial charge is 0.193 e. The summed E-state index contributed by atoms with van der Waals surface area (Å²) in [5, 5.41) is 0. The Morgan fingerprint density at radius 1 is 0.905 bits per heavy atom. The van der Waals surface area contributed by atoms with Crippen LogP contribution in [-0.2, 0) is 12.8 Å². The highest BCUT2D eigenvalue weighted by Gasteiger charge is 2.25. The zero-order valence-electron chi connectivity index (χ0n) is 12.3. The molecule has 2 aliphatic carbocycles. The van der Waals surface area contributed by atoms with E-state index in [1.165, 1.54) is 48.8 Å². The lowest BCUT2D eigenvalue weighted by Crippen LogP contribution is -2.14. The van der Waals surface area contributed by atoms with E-state index in [0.717, 1.165) is 17.5 Å². The number of hydrogen-bond donors (Lipinski definition) is 0. The Balaban J connectivity index is 1.71. The summed E-state index contributed by atoms with van der Waals surface area (Å²) in [7, 11) is 0. The van der Waals surface area contributed by atoms with E-state index >= 15 is 0 Å². The average Bonchev–Trinajstić information content (AvgIpc) is 2.92. The first-order chi connectivity index (χ1) is 10.3. The van der Waals surface area contributed by atoms with Crippen LogP contribution < -0.4 is 0 Å². The molecule has 0 N–H and O–H groups in total. The number of ketones is 1. The van der Waals surface area contributed by atoms with Gasteiger partial charge < -0.3 is 0 Å². The average molecular weight is 276 g/mol. The number of carbonyl (C=O) groups excluding carboxylic acids is 1. The van der Waals surface area contributed by atoms with Crippen LogP contribution in [0.15, 0.2) is 42.5 Å². The minimum atomic E-state index is 0.201. The summed E-state index contributed by atoms with van der Waals surface area (Å²) in [5.74, 6) is 0.798. The van der Waals surface area contributed by atoms with Crippen molar-refractivity contribution in [2.45, 2.75) is 44.4 Å². The van der Waals surface area contributed by atoms with E-state index in [1.54, 1.807) is 0 Å². The van der Waals surface area contributed by atoms with E-state index in [1.807, 2.05) is 18.2 Å². The maximum Gasteiger partial charge on any atom is 0.193 e. The van der Waals surface area contributed by atoms with Crippen molar-refractivity contribution >= 4 is 5.78 Å². The van der Waals surface area contributed by atoms with Crippen LogP contribution in [0.1, 0.15) is 64.2 Å². The predicted octanol–water partition coefficient (Wildman–Crippen LogP) is 4.67. The van der Waals surface area contributed by atoms with Gasteiger partial charge >= 0.3 is 0 Å². The quantitative estimate of drug-likeness (QED) is 0.744. The molecule has 2 aliphatic rings. The number of fused-ring (bicyclic) bond motifs is 1. The Morgan fingerprint density at radius 3 is 2.52 bits per heavy atom. The molecule has 0 amide bonds. The third kappa shape index (κ3) is 2.21. The normalized spacial score (nSPS) is 17.3. The van der Waals surface area contributed by atoms with Crippen LogP contribution in [0.2, 0.25) is 0 Å². The first-order valence-corrected chi connectivity index (χ1v) is 8.08. The topological polar surface area (TPSA) is 17.1 Å². The van der Waals surface area contributed by atoms with Crippen molar-refractivity contribution in [1.82, 2.24) is 0 Å². The lowest BCUT2D eigenvalue weighted by molar-refractivity contribution is 0.103. The molecule has 1 fully saturated rings. The molecule has 1 heteroatoms. The zero-order valence-corrected chi connectivity index (χ0v) is 12.3. The Bertz CT molecular complexity index is 695. The minimum Gasteiger partial charge on any atom is -0.289 e. The number of benzene rings is 2. The van der Waals surface area contributed by atoms with Crippen LogP contribution in [0.3, 0.4) is 0 Å². The van der Waals surface area contributed by atoms with Gasteiger partial charge in [0.25, 0.3) is 0 Å². The van der Waals surface area contributed by atoms with Crippen molar-refractivity contribution in [3.8, 4) is 0 Å². The highest BCUT2D eigenvalue weighted by molar-refractivity contribution is 6.10. The Labute approximate surface area is 126 Å². The fourth-order valence-electron chi connectivity index (χ4n) is 3.65. The molecule has 0 aliphatic heterocycles. The van der Waals surface area contributed by atoms with Gasteiger partial charge in [-0.25, -0.2) is 0 Å². The van der Waals surface area contributed by atoms with Crippen LogP contribution >= 0.6 is 0 Å². The molecule has 21 heavy (non-hydrogen) atoms. The molecule has 0 unspecified atom stereocenters.